The van der Waals surface area contributed by atoms with Gasteiger partial charge in [0.25, 0.3) is 0 Å². The Morgan fingerprint density at radius 3 is 3.11 bits per heavy atom. The highest BCUT2D eigenvalue weighted by molar-refractivity contribution is 5.37. The second-order valence-electron chi connectivity index (χ2n) is 4.76. The van der Waals surface area contributed by atoms with Gasteiger partial charge in [-0.25, -0.2) is 9.97 Å². The van der Waals surface area contributed by atoms with Crippen LogP contribution in [-0.4, -0.2) is 42.9 Å². The van der Waals surface area contributed by atoms with Crippen molar-refractivity contribution < 1.29 is 9.47 Å². The number of aromatic nitrogens is 2. The number of nitrogens with one attached hydrogen (secondary N) is 1. The predicted molar refractivity (Wildman–Crippen MR) is 74.5 cm³/mol. The van der Waals surface area contributed by atoms with Crippen molar-refractivity contribution >= 4 is 5.82 Å². The number of nitrogens with zero attached hydrogens (tertiary/aromatic N) is 2. The van der Waals surface area contributed by atoms with Gasteiger partial charge in [0.05, 0.1) is 12.3 Å². The van der Waals surface area contributed by atoms with Crippen molar-refractivity contribution in [2.45, 2.75) is 32.6 Å². The minimum Gasteiger partial charge on any atom is -0.382 e. The van der Waals surface area contributed by atoms with Crippen LogP contribution in [0.15, 0.2) is 6.07 Å². The molecule has 2 heterocycles. The molecule has 1 aliphatic heterocycles. The first-order valence-electron chi connectivity index (χ1n) is 7.04. The summed E-state index contributed by atoms with van der Waals surface area (Å²) in [4.78, 5) is 8.94. The van der Waals surface area contributed by atoms with E-state index in [1.54, 1.807) is 0 Å². The highest BCUT2D eigenvalue weighted by Gasteiger charge is 2.20. The van der Waals surface area contributed by atoms with Crippen LogP contribution < -0.4 is 5.32 Å². The predicted octanol–water partition coefficient (Wildman–Crippen LogP) is 2.13. The lowest BCUT2D eigenvalue weighted by Gasteiger charge is -2.11. The average molecular weight is 265 g/mol. The molecule has 0 aliphatic carbocycles. The first-order chi connectivity index (χ1) is 9.29. The summed E-state index contributed by atoms with van der Waals surface area (Å²) in [6.45, 7) is 8.00. The number of hydrogen-bond acceptors (Lipinski definition) is 5. The summed E-state index contributed by atoms with van der Waals surface area (Å²) in [6, 6.07) is 2.05. The molecule has 5 heteroatoms. The van der Waals surface area contributed by atoms with E-state index < -0.39 is 0 Å². The Kier molecular flexibility index (Phi) is 5.54. The number of aryl methyl sites for hydroxylation is 1. The molecule has 1 aromatic rings. The van der Waals surface area contributed by atoms with Gasteiger partial charge in [-0.3, -0.25) is 0 Å². The Bertz CT molecular complexity index is 392. The Morgan fingerprint density at radius 2 is 2.37 bits per heavy atom. The van der Waals surface area contributed by atoms with Crippen molar-refractivity contribution in [2.24, 2.45) is 0 Å². The SMILES string of the molecule is CCOCCCNc1cc(C2CCOC2)nc(C)n1. The van der Waals surface area contributed by atoms with Crippen LogP contribution in [0.1, 0.15) is 37.2 Å². The van der Waals surface area contributed by atoms with Crippen molar-refractivity contribution in [3.05, 3.63) is 17.6 Å². The summed E-state index contributed by atoms with van der Waals surface area (Å²) in [7, 11) is 0. The lowest BCUT2D eigenvalue weighted by molar-refractivity contribution is 0.147. The first-order valence-corrected chi connectivity index (χ1v) is 7.04. The van der Waals surface area contributed by atoms with Gasteiger partial charge in [-0.15, -0.1) is 0 Å². The molecule has 19 heavy (non-hydrogen) atoms. The van der Waals surface area contributed by atoms with Crippen molar-refractivity contribution in [1.29, 1.82) is 0 Å². The highest BCUT2D eigenvalue weighted by atomic mass is 16.5. The fourth-order valence-corrected chi connectivity index (χ4v) is 2.19. The maximum Gasteiger partial charge on any atom is 0.129 e. The van der Waals surface area contributed by atoms with Crippen LogP contribution in [0.2, 0.25) is 0 Å². The quantitative estimate of drug-likeness (QED) is 0.765. The van der Waals surface area contributed by atoms with E-state index in [0.717, 1.165) is 63.2 Å². The van der Waals surface area contributed by atoms with E-state index in [4.69, 9.17) is 9.47 Å². The third-order valence-electron chi connectivity index (χ3n) is 3.18. The van der Waals surface area contributed by atoms with E-state index in [0.29, 0.717) is 5.92 Å². The molecule has 1 N–H and O–H groups in total. The van der Waals surface area contributed by atoms with Gasteiger partial charge in [0.2, 0.25) is 0 Å². The van der Waals surface area contributed by atoms with E-state index in [-0.39, 0.29) is 0 Å². The molecule has 1 fully saturated rings. The van der Waals surface area contributed by atoms with Crippen LogP contribution in [0.25, 0.3) is 0 Å². The van der Waals surface area contributed by atoms with Crippen molar-refractivity contribution in [3.63, 3.8) is 0 Å². The molecule has 2 rings (SSSR count). The first kappa shape index (κ1) is 14.2. The number of anilines is 1. The Labute approximate surface area is 114 Å². The van der Waals surface area contributed by atoms with Crippen molar-refractivity contribution in [2.75, 3.05) is 38.3 Å². The summed E-state index contributed by atoms with van der Waals surface area (Å²) >= 11 is 0. The zero-order chi connectivity index (χ0) is 13.5. The molecule has 0 saturated carbocycles. The molecule has 0 spiro atoms. The monoisotopic (exact) mass is 265 g/mol. The van der Waals surface area contributed by atoms with Crippen LogP contribution in [0.3, 0.4) is 0 Å². The van der Waals surface area contributed by atoms with Gasteiger partial charge in [0, 0.05) is 38.3 Å². The van der Waals surface area contributed by atoms with E-state index in [1.807, 2.05) is 19.9 Å². The van der Waals surface area contributed by atoms with Crippen LogP contribution >= 0.6 is 0 Å². The maximum absolute atomic E-state index is 5.42. The van der Waals surface area contributed by atoms with E-state index in [9.17, 15) is 0 Å². The largest absolute Gasteiger partial charge is 0.382 e. The maximum atomic E-state index is 5.42. The van der Waals surface area contributed by atoms with Gasteiger partial charge in [-0.05, 0) is 26.7 Å². The number of rotatable bonds is 7. The third-order valence-corrected chi connectivity index (χ3v) is 3.18. The standard InChI is InChI=1S/C14H23N3O2/c1-3-18-7-4-6-15-14-9-13(16-11(2)17-14)12-5-8-19-10-12/h9,12H,3-8,10H2,1-2H3,(H,15,16,17). The molecule has 1 atom stereocenters. The Balaban J connectivity index is 1.89. The summed E-state index contributed by atoms with van der Waals surface area (Å²) in [5.41, 5.74) is 1.09. The van der Waals surface area contributed by atoms with Gasteiger partial charge >= 0.3 is 0 Å². The van der Waals surface area contributed by atoms with Gasteiger partial charge in [-0.1, -0.05) is 0 Å². The molecule has 0 aromatic carbocycles. The minimum atomic E-state index is 0.422. The summed E-state index contributed by atoms with van der Waals surface area (Å²) in [5.74, 6) is 2.15. The van der Waals surface area contributed by atoms with E-state index >= 15 is 0 Å². The van der Waals surface area contributed by atoms with Crippen molar-refractivity contribution in [1.82, 2.24) is 9.97 Å². The van der Waals surface area contributed by atoms with E-state index in [1.165, 1.54) is 0 Å². The van der Waals surface area contributed by atoms with E-state index in [2.05, 4.69) is 15.3 Å². The second-order valence-corrected chi connectivity index (χ2v) is 4.76. The van der Waals surface area contributed by atoms with Gasteiger partial charge in [0.1, 0.15) is 11.6 Å². The van der Waals surface area contributed by atoms with Crippen LogP contribution in [-0.2, 0) is 9.47 Å². The summed E-state index contributed by atoms with van der Waals surface area (Å²) in [5, 5.41) is 3.34. The van der Waals surface area contributed by atoms with Crippen LogP contribution in [0.4, 0.5) is 5.82 Å². The minimum absolute atomic E-state index is 0.422. The zero-order valence-electron chi connectivity index (χ0n) is 11.8. The van der Waals surface area contributed by atoms with Gasteiger partial charge in [-0.2, -0.15) is 0 Å². The molecule has 0 bridgehead atoms. The number of hydrogen-bond donors (Lipinski definition) is 1. The molecule has 0 radical (unpaired) electrons. The topological polar surface area (TPSA) is 56.3 Å². The van der Waals surface area contributed by atoms with Crippen LogP contribution in [0, 0.1) is 6.92 Å². The summed E-state index contributed by atoms with van der Waals surface area (Å²) < 4.78 is 10.7. The molecule has 1 aromatic heterocycles. The Hall–Kier alpha value is -1.20. The summed E-state index contributed by atoms with van der Waals surface area (Å²) in [6.07, 6.45) is 2.04. The average Bonchev–Trinajstić information content (AvgIpc) is 2.92. The fraction of sp³-hybridized carbons (Fsp3) is 0.714. The molecule has 1 aliphatic rings. The molecule has 1 unspecified atom stereocenters. The molecular formula is C14H23N3O2. The number of ether oxygens (including phenoxy) is 2. The highest BCUT2D eigenvalue weighted by Crippen LogP contribution is 2.24. The Morgan fingerprint density at radius 1 is 1.47 bits per heavy atom. The second kappa shape index (κ2) is 7.40. The third kappa shape index (κ3) is 4.44. The molecule has 106 valence electrons. The lowest BCUT2D eigenvalue weighted by atomic mass is 10.0. The van der Waals surface area contributed by atoms with Gasteiger partial charge < -0.3 is 14.8 Å². The molecule has 1 saturated heterocycles. The smallest absolute Gasteiger partial charge is 0.129 e. The fourth-order valence-electron chi connectivity index (χ4n) is 2.19. The van der Waals surface area contributed by atoms with Crippen molar-refractivity contribution in [3.8, 4) is 0 Å². The molecule has 5 nitrogen and oxygen atoms in total. The normalized spacial score (nSPS) is 18.7. The molecular weight excluding hydrogens is 242 g/mol. The lowest BCUT2D eigenvalue weighted by Crippen LogP contribution is -2.10. The zero-order valence-corrected chi connectivity index (χ0v) is 11.8. The molecule has 0 amide bonds. The van der Waals surface area contributed by atoms with Crippen LogP contribution in [0.5, 0.6) is 0 Å². The van der Waals surface area contributed by atoms with Gasteiger partial charge in [0.15, 0.2) is 0 Å².